The third-order valence-corrected chi connectivity index (χ3v) is 3.95. The Morgan fingerprint density at radius 3 is 2.78 bits per heavy atom. The lowest BCUT2D eigenvalue weighted by atomic mass is 9.92. The highest BCUT2D eigenvalue weighted by molar-refractivity contribution is 5.91. The van der Waals surface area contributed by atoms with Crippen molar-refractivity contribution in [3.05, 3.63) is 11.8 Å². The van der Waals surface area contributed by atoms with Gasteiger partial charge in [-0.15, -0.1) is 12.4 Å². The fourth-order valence-corrected chi connectivity index (χ4v) is 2.68. The van der Waals surface area contributed by atoms with Crippen molar-refractivity contribution in [2.45, 2.75) is 52.0 Å². The van der Waals surface area contributed by atoms with E-state index in [9.17, 15) is 4.79 Å². The number of hydrogen-bond acceptors (Lipinski definition) is 5. The minimum absolute atomic E-state index is 0. The molecule has 2 heterocycles. The number of carbonyl (C=O) groups excluding carboxylic acids is 1. The molecule has 0 saturated carbocycles. The van der Waals surface area contributed by atoms with E-state index < -0.39 is 0 Å². The van der Waals surface area contributed by atoms with E-state index in [1.165, 1.54) is 0 Å². The molecule has 1 aromatic rings. The first-order valence-electron chi connectivity index (χ1n) is 8.12. The molecule has 1 unspecified atom stereocenters. The normalized spacial score (nSPS) is 18.0. The second kappa shape index (κ2) is 8.66. The highest BCUT2D eigenvalue weighted by Crippen LogP contribution is 2.23. The molecule has 0 aromatic carbocycles. The molecule has 132 valence electrons. The van der Waals surface area contributed by atoms with E-state index in [2.05, 4.69) is 48.4 Å². The molecule has 1 aliphatic heterocycles. The van der Waals surface area contributed by atoms with Gasteiger partial charge in [0.1, 0.15) is 0 Å². The number of hydrogen-bond donors (Lipinski definition) is 2. The van der Waals surface area contributed by atoms with Crippen LogP contribution < -0.4 is 10.6 Å². The van der Waals surface area contributed by atoms with Crippen molar-refractivity contribution in [3.63, 3.8) is 0 Å². The number of rotatable bonds is 6. The van der Waals surface area contributed by atoms with E-state index >= 15 is 0 Å². The fraction of sp³-hybridized carbons (Fsp3) is 0.750. The third-order valence-electron chi connectivity index (χ3n) is 3.95. The van der Waals surface area contributed by atoms with Crippen LogP contribution in [-0.2, 0) is 10.2 Å². The van der Waals surface area contributed by atoms with E-state index in [1.54, 1.807) is 6.07 Å². The third kappa shape index (κ3) is 5.79. The van der Waals surface area contributed by atoms with Crippen LogP contribution >= 0.6 is 12.4 Å². The monoisotopic (exact) mass is 344 g/mol. The molecule has 1 saturated heterocycles. The molecule has 7 heteroatoms. The summed E-state index contributed by atoms with van der Waals surface area (Å²) in [7, 11) is 0. The summed E-state index contributed by atoms with van der Waals surface area (Å²) in [5.41, 5.74) is 0.754. The van der Waals surface area contributed by atoms with Gasteiger partial charge in [0.2, 0.25) is 11.8 Å². The molecule has 2 rings (SSSR count). The van der Waals surface area contributed by atoms with Crippen LogP contribution in [0.2, 0.25) is 0 Å². The molecule has 1 aliphatic rings. The number of aromatic nitrogens is 1. The molecule has 0 radical (unpaired) electrons. The summed E-state index contributed by atoms with van der Waals surface area (Å²) in [6, 6.07) is 2.25. The van der Waals surface area contributed by atoms with Gasteiger partial charge in [0.15, 0.2) is 0 Å². The lowest BCUT2D eigenvalue weighted by molar-refractivity contribution is -0.117. The van der Waals surface area contributed by atoms with Crippen molar-refractivity contribution >= 4 is 24.2 Å². The van der Waals surface area contributed by atoms with Gasteiger partial charge in [-0.05, 0) is 25.9 Å². The maximum atomic E-state index is 12.3. The number of carbonyl (C=O) groups is 1. The maximum absolute atomic E-state index is 12.3. The van der Waals surface area contributed by atoms with Crippen LogP contribution in [0.15, 0.2) is 10.6 Å². The van der Waals surface area contributed by atoms with Crippen LogP contribution in [0.1, 0.15) is 46.2 Å². The molecule has 1 fully saturated rings. The van der Waals surface area contributed by atoms with Crippen LogP contribution in [-0.4, -0.2) is 48.2 Å². The zero-order valence-electron chi connectivity index (χ0n) is 14.5. The van der Waals surface area contributed by atoms with Gasteiger partial charge < -0.3 is 9.84 Å². The van der Waals surface area contributed by atoms with E-state index in [1.807, 2.05) is 0 Å². The quantitative estimate of drug-likeness (QED) is 0.829. The summed E-state index contributed by atoms with van der Waals surface area (Å²) in [5, 5.41) is 10.2. The first kappa shape index (κ1) is 19.9. The van der Waals surface area contributed by atoms with Gasteiger partial charge in [-0.1, -0.05) is 32.9 Å². The Bertz CT molecular complexity index is 493. The first-order chi connectivity index (χ1) is 10.4. The Hall–Kier alpha value is -1.11. The molecule has 1 atom stereocenters. The molecule has 1 aromatic heterocycles. The topological polar surface area (TPSA) is 70.4 Å². The van der Waals surface area contributed by atoms with E-state index in [4.69, 9.17) is 4.52 Å². The highest BCUT2D eigenvalue weighted by atomic mass is 35.5. The molecular weight excluding hydrogens is 316 g/mol. The molecule has 0 spiro atoms. The van der Waals surface area contributed by atoms with Crippen LogP contribution in [0.3, 0.4) is 0 Å². The minimum Gasteiger partial charge on any atom is -0.338 e. The lowest BCUT2D eigenvalue weighted by Gasteiger charge is -2.26. The van der Waals surface area contributed by atoms with Crippen molar-refractivity contribution in [2.75, 3.05) is 31.5 Å². The predicted octanol–water partition coefficient (Wildman–Crippen LogP) is 2.41. The van der Waals surface area contributed by atoms with Crippen molar-refractivity contribution in [3.8, 4) is 0 Å². The van der Waals surface area contributed by atoms with Gasteiger partial charge in [0, 0.05) is 24.1 Å². The van der Waals surface area contributed by atoms with E-state index in [0.29, 0.717) is 18.5 Å². The molecular formula is C16H29ClN4O2. The van der Waals surface area contributed by atoms with Crippen LogP contribution in [0.25, 0.3) is 0 Å². The van der Waals surface area contributed by atoms with Crippen LogP contribution in [0.4, 0.5) is 5.88 Å². The smallest absolute Gasteiger partial charge is 0.240 e. The fourth-order valence-electron chi connectivity index (χ4n) is 2.68. The second-order valence-corrected chi connectivity index (χ2v) is 6.99. The Morgan fingerprint density at radius 1 is 1.52 bits per heavy atom. The Kier molecular flexibility index (Phi) is 7.51. The second-order valence-electron chi connectivity index (χ2n) is 6.99. The molecule has 1 amide bonds. The largest absolute Gasteiger partial charge is 0.338 e. The minimum atomic E-state index is -0.0871. The molecule has 6 nitrogen and oxygen atoms in total. The van der Waals surface area contributed by atoms with Crippen molar-refractivity contribution in [2.24, 2.45) is 0 Å². The van der Waals surface area contributed by atoms with Gasteiger partial charge in [-0.25, -0.2) is 0 Å². The summed E-state index contributed by atoms with van der Waals surface area (Å²) in [5.74, 6) is 0.382. The number of anilines is 1. The van der Waals surface area contributed by atoms with E-state index in [0.717, 1.165) is 38.2 Å². The number of nitrogens with zero attached hydrogens (tertiary/aromatic N) is 2. The molecule has 0 aliphatic carbocycles. The van der Waals surface area contributed by atoms with Gasteiger partial charge in [-0.3, -0.25) is 15.0 Å². The van der Waals surface area contributed by atoms with Gasteiger partial charge in [-0.2, -0.15) is 0 Å². The average Bonchev–Trinajstić information content (AvgIpc) is 3.08. The Labute approximate surface area is 144 Å². The SMILES string of the molecule is CCCN(CC(=O)Nc1cc(C(C)(C)C)no1)C1CCNC1.Cl. The zero-order chi connectivity index (χ0) is 16.2. The first-order valence-corrected chi connectivity index (χ1v) is 8.12. The summed E-state index contributed by atoms with van der Waals surface area (Å²) in [6.07, 6.45) is 2.14. The van der Waals surface area contributed by atoms with Crippen LogP contribution in [0.5, 0.6) is 0 Å². The summed E-state index contributed by atoms with van der Waals surface area (Å²) in [4.78, 5) is 14.5. The summed E-state index contributed by atoms with van der Waals surface area (Å²) in [6.45, 7) is 11.6. The van der Waals surface area contributed by atoms with E-state index in [-0.39, 0.29) is 23.7 Å². The highest BCUT2D eigenvalue weighted by Gasteiger charge is 2.24. The molecule has 0 bridgehead atoms. The van der Waals surface area contributed by atoms with Gasteiger partial charge in [0.25, 0.3) is 0 Å². The average molecular weight is 345 g/mol. The zero-order valence-corrected chi connectivity index (χ0v) is 15.3. The van der Waals surface area contributed by atoms with Crippen molar-refractivity contribution in [1.29, 1.82) is 0 Å². The molecule has 23 heavy (non-hydrogen) atoms. The Morgan fingerprint density at radius 2 is 2.26 bits per heavy atom. The van der Waals surface area contributed by atoms with Crippen molar-refractivity contribution < 1.29 is 9.32 Å². The number of nitrogens with one attached hydrogen (secondary N) is 2. The van der Waals surface area contributed by atoms with Crippen molar-refractivity contribution in [1.82, 2.24) is 15.4 Å². The predicted molar refractivity (Wildman–Crippen MR) is 94.2 cm³/mol. The summed E-state index contributed by atoms with van der Waals surface area (Å²) >= 11 is 0. The van der Waals surface area contributed by atoms with Gasteiger partial charge >= 0.3 is 0 Å². The number of amides is 1. The van der Waals surface area contributed by atoms with Gasteiger partial charge in [0.05, 0.1) is 12.2 Å². The lowest BCUT2D eigenvalue weighted by Crippen LogP contribution is -2.42. The molecule has 2 N–H and O–H groups in total. The Balaban J connectivity index is 0.00000264. The maximum Gasteiger partial charge on any atom is 0.240 e. The van der Waals surface area contributed by atoms with Crippen LogP contribution in [0, 0.1) is 0 Å². The standard InChI is InChI=1S/C16H28N4O2.ClH/c1-5-8-20(12-6-7-17-10-12)11-14(21)18-15-9-13(19-22-15)16(2,3)4;/h9,12,17H,5-8,10-11H2,1-4H3,(H,18,21);1H. The summed E-state index contributed by atoms with van der Waals surface area (Å²) < 4.78 is 5.22. The number of halogens is 1.